The molecule has 0 bridgehead atoms. The van der Waals surface area contributed by atoms with Gasteiger partial charge >= 0.3 is 0 Å². The van der Waals surface area contributed by atoms with Crippen LogP contribution < -0.4 is 10.6 Å². The predicted molar refractivity (Wildman–Crippen MR) is 113 cm³/mol. The lowest BCUT2D eigenvalue weighted by atomic mass is 10.1. The van der Waals surface area contributed by atoms with Crippen LogP contribution in [0.25, 0.3) is 10.9 Å². The Bertz CT molecular complexity index is 821. The first-order valence-electron chi connectivity index (χ1n) is 9.94. The summed E-state index contributed by atoms with van der Waals surface area (Å²) in [6, 6.07) is 6.35. The molecule has 1 atom stereocenters. The highest BCUT2D eigenvalue weighted by Crippen LogP contribution is 2.21. The molecular formula is C21H31N5O2. The van der Waals surface area contributed by atoms with Gasteiger partial charge in [0.25, 0.3) is 0 Å². The van der Waals surface area contributed by atoms with E-state index in [1.807, 2.05) is 0 Å². The lowest BCUT2D eigenvalue weighted by Gasteiger charge is -2.16. The molecule has 7 nitrogen and oxygen atoms in total. The van der Waals surface area contributed by atoms with Gasteiger partial charge in [0.2, 0.25) is 5.91 Å². The number of amides is 1. The normalized spacial score (nSPS) is 17.1. The van der Waals surface area contributed by atoms with Gasteiger partial charge in [-0.3, -0.25) is 4.79 Å². The zero-order chi connectivity index (χ0) is 19.9. The molecule has 7 heteroatoms. The Morgan fingerprint density at radius 2 is 2.21 bits per heavy atom. The molecular weight excluding hydrogens is 354 g/mol. The van der Waals surface area contributed by atoms with Crippen LogP contribution in [0.2, 0.25) is 0 Å². The zero-order valence-corrected chi connectivity index (χ0v) is 17.0. The lowest BCUT2D eigenvalue weighted by molar-refractivity contribution is -0.127. The Morgan fingerprint density at radius 1 is 1.36 bits per heavy atom. The molecule has 0 spiro atoms. The molecule has 1 aromatic heterocycles. The number of benzene rings is 1. The van der Waals surface area contributed by atoms with Crippen molar-refractivity contribution in [1.82, 2.24) is 20.5 Å². The van der Waals surface area contributed by atoms with Crippen LogP contribution in [-0.2, 0) is 16.0 Å². The number of hydrogen-bond donors (Lipinski definition) is 3. The SMILES string of the molecule is Cc1cccc2c(CCNC(=NCC(=O)N(C)C)NCC3CCCO3)c[nH]c12. The number of aromatic amines is 1. The molecule has 1 aliphatic heterocycles. The highest BCUT2D eigenvalue weighted by molar-refractivity contribution is 5.86. The molecule has 0 saturated carbocycles. The first kappa shape index (κ1) is 20.2. The van der Waals surface area contributed by atoms with Crippen LogP contribution in [0.15, 0.2) is 29.4 Å². The van der Waals surface area contributed by atoms with Crippen molar-refractivity contribution in [3.63, 3.8) is 0 Å². The minimum absolute atomic E-state index is 0.0229. The highest BCUT2D eigenvalue weighted by Gasteiger charge is 2.16. The van der Waals surface area contributed by atoms with Crippen molar-refractivity contribution in [2.75, 3.05) is 40.3 Å². The fourth-order valence-electron chi connectivity index (χ4n) is 3.36. The maximum absolute atomic E-state index is 11.9. The van der Waals surface area contributed by atoms with Crippen molar-refractivity contribution in [3.8, 4) is 0 Å². The molecule has 1 aliphatic rings. The van der Waals surface area contributed by atoms with Crippen molar-refractivity contribution in [2.45, 2.75) is 32.3 Å². The molecule has 1 unspecified atom stereocenters. The molecule has 152 valence electrons. The van der Waals surface area contributed by atoms with Gasteiger partial charge in [0.05, 0.1) is 6.10 Å². The molecule has 3 N–H and O–H groups in total. The number of guanidine groups is 1. The first-order chi connectivity index (χ1) is 13.5. The third kappa shape index (κ3) is 5.25. The Balaban J connectivity index is 1.58. The smallest absolute Gasteiger partial charge is 0.243 e. The molecule has 2 heterocycles. The third-order valence-electron chi connectivity index (χ3n) is 5.09. The van der Waals surface area contributed by atoms with Gasteiger partial charge in [0, 0.05) is 50.9 Å². The Morgan fingerprint density at radius 3 is 2.96 bits per heavy atom. The Labute approximate surface area is 166 Å². The van der Waals surface area contributed by atoms with E-state index in [1.54, 1.807) is 19.0 Å². The minimum atomic E-state index is -0.0229. The summed E-state index contributed by atoms with van der Waals surface area (Å²) >= 11 is 0. The number of H-pyrrole nitrogens is 1. The van der Waals surface area contributed by atoms with E-state index in [4.69, 9.17) is 4.74 Å². The monoisotopic (exact) mass is 385 g/mol. The van der Waals surface area contributed by atoms with Gasteiger partial charge in [-0.25, -0.2) is 4.99 Å². The molecule has 0 aliphatic carbocycles. The first-order valence-corrected chi connectivity index (χ1v) is 9.94. The van der Waals surface area contributed by atoms with Crippen LogP contribution in [0.5, 0.6) is 0 Å². The molecule has 1 saturated heterocycles. The number of ether oxygens (including phenoxy) is 1. The van der Waals surface area contributed by atoms with Crippen LogP contribution in [0.4, 0.5) is 0 Å². The number of carbonyl (C=O) groups excluding carboxylic acids is 1. The van der Waals surface area contributed by atoms with Crippen LogP contribution in [0, 0.1) is 6.92 Å². The van der Waals surface area contributed by atoms with Crippen LogP contribution >= 0.6 is 0 Å². The second-order valence-corrected chi connectivity index (χ2v) is 7.46. The number of likely N-dealkylation sites (N-methyl/N-ethyl adjacent to an activating group) is 1. The van der Waals surface area contributed by atoms with Crippen molar-refractivity contribution in [3.05, 3.63) is 35.5 Å². The van der Waals surface area contributed by atoms with E-state index in [0.29, 0.717) is 12.5 Å². The van der Waals surface area contributed by atoms with Crippen LogP contribution in [0.3, 0.4) is 0 Å². The van der Waals surface area contributed by atoms with Crippen molar-refractivity contribution >= 4 is 22.8 Å². The van der Waals surface area contributed by atoms with Gasteiger partial charge in [0.1, 0.15) is 6.54 Å². The number of carbonyl (C=O) groups is 1. The molecule has 28 heavy (non-hydrogen) atoms. The van der Waals surface area contributed by atoms with Gasteiger partial charge in [-0.05, 0) is 37.3 Å². The molecule has 1 amide bonds. The summed E-state index contributed by atoms with van der Waals surface area (Å²) in [6.07, 6.45) is 5.32. The van der Waals surface area contributed by atoms with Gasteiger partial charge < -0.3 is 25.3 Å². The largest absolute Gasteiger partial charge is 0.376 e. The number of aryl methyl sites for hydroxylation is 1. The number of hydrogen-bond acceptors (Lipinski definition) is 3. The quantitative estimate of drug-likeness (QED) is 0.502. The molecule has 3 rings (SSSR count). The highest BCUT2D eigenvalue weighted by atomic mass is 16.5. The van der Waals surface area contributed by atoms with Gasteiger partial charge in [-0.15, -0.1) is 0 Å². The fraction of sp³-hybridized carbons (Fsp3) is 0.524. The maximum atomic E-state index is 11.9. The summed E-state index contributed by atoms with van der Waals surface area (Å²) in [6.45, 7) is 4.50. The Kier molecular flexibility index (Phi) is 6.92. The minimum Gasteiger partial charge on any atom is -0.376 e. The van der Waals surface area contributed by atoms with E-state index >= 15 is 0 Å². The predicted octanol–water partition coefficient (Wildman–Crippen LogP) is 1.82. The lowest BCUT2D eigenvalue weighted by Crippen LogP contribution is -2.42. The summed E-state index contributed by atoms with van der Waals surface area (Å²) in [5.74, 6) is 0.632. The molecule has 1 aromatic carbocycles. The maximum Gasteiger partial charge on any atom is 0.243 e. The van der Waals surface area contributed by atoms with E-state index in [0.717, 1.165) is 32.4 Å². The Hall–Kier alpha value is -2.54. The average molecular weight is 386 g/mol. The molecule has 2 aromatic rings. The number of nitrogens with one attached hydrogen (secondary N) is 3. The number of rotatable bonds is 7. The van der Waals surface area contributed by atoms with Crippen LogP contribution in [-0.4, -0.2) is 68.2 Å². The number of para-hydroxylation sites is 1. The van der Waals surface area contributed by atoms with E-state index < -0.39 is 0 Å². The second-order valence-electron chi connectivity index (χ2n) is 7.46. The van der Waals surface area contributed by atoms with Crippen LogP contribution in [0.1, 0.15) is 24.0 Å². The topological polar surface area (TPSA) is 81.8 Å². The van der Waals surface area contributed by atoms with Gasteiger partial charge in [0.15, 0.2) is 5.96 Å². The third-order valence-corrected chi connectivity index (χ3v) is 5.09. The number of fused-ring (bicyclic) bond motifs is 1. The number of aliphatic imine (C=N–C) groups is 1. The summed E-state index contributed by atoms with van der Waals surface area (Å²) < 4.78 is 5.67. The van der Waals surface area contributed by atoms with Gasteiger partial charge in [-0.2, -0.15) is 0 Å². The second kappa shape index (κ2) is 9.59. The van der Waals surface area contributed by atoms with E-state index in [2.05, 4.69) is 51.9 Å². The standard InChI is InChI=1S/C21H31N5O2/c1-15-6-4-8-18-16(12-23-20(15)18)9-10-22-21(25-14-19(27)26(2)3)24-13-17-7-5-11-28-17/h4,6,8,12,17,23H,5,7,9-11,13-14H2,1-3H3,(H2,22,24,25). The molecule has 1 fully saturated rings. The fourth-order valence-corrected chi connectivity index (χ4v) is 3.36. The average Bonchev–Trinajstić information content (AvgIpc) is 3.34. The van der Waals surface area contributed by atoms with Crippen molar-refractivity contribution in [2.24, 2.45) is 4.99 Å². The van der Waals surface area contributed by atoms with E-state index in [9.17, 15) is 4.79 Å². The van der Waals surface area contributed by atoms with Crippen molar-refractivity contribution < 1.29 is 9.53 Å². The van der Waals surface area contributed by atoms with Gasteiger partial charge in [-0.1, -0.05) is 18.2 Å². The van der Waals surface area contributed by atoms with E-state index in [-0.39, 0.29) is 18.6 Å². The summed E-state index contributed by atoms with van der Waals surface area (Å²) in [5, 5.41) is 7.93. The number of nitrogens with zero attached hydrogens (tertiary/aromatic N) is 2. The summed E-state index contributed by atoms with van der Waals surface area (Å²) in [4.78, 5) is 21.2. The summed E-state index contributed by atoms with van der Waals surface area (Å²) in [7, 11) is 3.48. The number of aromatic nitrogens is 1. The zero-order valence-electron chi connectivity index (χ0n) is 17.0. The van der Waals surface area contributed by atoms with Crippen molar-refractivity contribution in [1.29, 1.82) is 0 Å². The molecule has 0 radical (unpaired) electrons. The summed E-state index contributed by atoms with van der Waals surface area (Å²) in [5.41, 5.74) is 3.72. The van der Waals surface area contributed by atoms with E-state index in [1.165, 1.54) is 22.0 Å².